The maximum Gasteiger partial charge on any atom is 0.257 e. The molecule has 0 radical (unpaired) electrons. The molecule has 3 aromatic rings. The standard InChI is InChI=1S/C25H27N3O3S/c29-25(18-27(17-20-9-4-12-30-20)16-19-7-2-1-3-8-19)28-22(23-10-5-13-31-23)15-21(26-28)24-11-6-14-32-24/h1-3,5-8,10-11,13-14,20,22H,4,9,12,15-18H2. The van der Waals surface area contributed by atoms with Crippen LogP contribution in [0.2, 0.25) is 0 Å². The van der Waals surface area contributed by atoms with Crippen LogP contribution in [0.5, 0.6) is 0 Å². The van der Waals surface area contributed by atoms with E-state index in [1.807, 2.05) is 41.8 Å². The van der Waals surface area contributed by atoms with Crippen molar-refractivity contribution in [1.82, 2.24) is 9.91 Å². The third kappa shape index (κ3) is 4.85. The number of thiophene rings is 1. The number of benzene rings is 1. The number of nitrogens with zero attached hydrogens (tertiary/aromatic N) is 3. The summed E-state index contributed by atoms with van der Waals surface area (Å²) in [6.07, 6.45) is 4.61. The van der Waals surface area contributed by atoms with E-state index in [1.54, 1.807) is 22.6 Å². The zero-order chi connectivity index (χ0) is 21.8. The van der Waals surface area contributed by atoms with Crippen molar-refractivity contribution < 1.29 is 13.9 Å². The number of carbonyl (C=O) groups is 1. The lowest BCUT2D eigenvalue weighted by Gasteiger charge is -2.27. The highest BCUT2D eigenvalue weighted by atomic mass is 32.1. The normalized spacial score (nSPS) is 20.8. The minimum Gasteiger partial charge on any atom is -0.467 e. The van der Waals surface area contributed by atoms with E-state index in [-0.39, 0.29) is 24.6 Å². The number of hydrazone groups is 1. The van der Waals surface area contributed by atoms with Crippen molar-refractivity contribution in [3.63, 3.8) is 0 Å². The average molecular weight is 450 g/mol. The molecule has 32 heavy (non-hydrogen) atoms. The van der Waals surface area contributed by atoms with Gasteiger partial charge in [0.2, 0.25) is 0 Å². The second-order valence-corrected chi connectivity index (χ2v) is 9.24. The lowest BCUT2D eigenvalue weighted by atomic mass is 10.1. The first-order valence-electron chi connectivity index (χ1n) is 11.1. The number of hydrogen-bond donors (Lipinski definition) is 0. The molecule has 1 aromatic carbocycles. The fourth-order valence-electron chi connectivity index (χ4n) is 4.40. The number of rotatable bonds is 8. The third-order valence-corrected chi connectivity index (χ3v) is 6.86. The van der Waals surface area contributed by atoms with E-state index < -0.39 is 0 Å². The molecule has 2 aliphatic rings. The monoisotopic (exact) mass is 449 g/mol. The number of furan rings is 1. The van der Waals surface area contributed by atoms with Gasteiger partial charge in [0.05, 0.1) is 29.5 Å². The molecule has 0 N–H and O–H groups in total. The molecule has 166 valence electrons. The second kappa shape index (κ2) is 9.81. The Kier molecular flexibility index (Phi) is 6.48. The van der Waals surface area contributed by atoms with E-state index in [1.165, 1.54) is 5.56 Å². The topological polar surface area (TPSA) is 58.3 Å². The Bertz CT molecular complexity index is 1030. The van der Waals surface area contributed by atoms with E-state index in [0.29, 0.717) is 13.0 Å². The van der Waals surface area contributed by atoms with Gasteiger partial charge in [-0.3, -0.25) is 9.69 Å². The molecule has 0 aliphatic carbocycles. The van der Waals surface area contributed by atoms with Crippen molar-refractivity contribution in [2.45, 2.75) is 38.0 Å². The Morgan fingerprint density at radius 3 is 2.78 bits per heavy atom. The van der Waals surface area contributed by atoms with E-state index in [0.717, 1.165) is 42.3 Å². The van der Waals surface area contributed by atoms with E-state index in [4.69, 9.17) is 14.3 Å². The largest absolute Gasteiger partial charge is 0.467 e. The van der Waals surface area contributed by atoms with Crippen molar-refractivity contribution in [1.29, 1.82) is 0 Å². The van der Waals surface area contributed by atoms with Crippen molar-refractivity contribution in [3.05, 3.63) is 82.4 Å². The molecule has 5 rings (SSSR count). The van der Waals surface area contributed by atoms with E-state index in [2.05, 4.69) is 23.1 Å². The lowest BCUT2D eigenvalue weighted by molar-refractivity contribution is -0.135. The van der Waals surface area contributed by atoms with Crippen molar-refractivity contribution in [2.75, 3.05) is 19.7 Å². The van der Waals surface area contributed by atoms with Gasteiger partial charge in [0.25, 0.3) is 5.91 Å². The summed E-state index contributed by atoms with van der Waals surface area (Å²) in [5.74, 6) is 0.745. The van der Waals surface area contributed by atoms with Crippen LogP contribution in [0.3, 0.4) is 0 Å². The first-order valence-corrected chi connectivity index (χ1v) is 12.0. The summed E-state index contributed by atoms with van der Waals surface area (Å²) in [5, 5.41) is 8.41. The van der Waals surface area contributed by atoms with Crippen LogP contribution in [0, 0.1) is 0 Å². The van der Waals surface area contributed by atoms with E-state index in [9.17, 15) is 4.79 Å². The zero-order valence-corrected chi connectivity index (χ0v) is 18.7. The van der Waals surface area contributed by atoms with Crippen LogP contribution >= 0.6 is 11.3 Å². The first kappa shape index (κ1) is 21.1. The second-order valence-electron chi connectivity index (χ2n) is 8.29. The Labute approximate surface area is 192 Å². The fourth-order valence-corrected chi connectivity index (χ4v) is 5.12. The Hall–Kier alpha value is -2.74. The summed E-state index contributed by atoms with van der Waals surface area (Å²) < 4.78 is 11.5. The summed E-state index contributed by atoms with van der Waals surface area (Å²) >= 11 is 1.64. The molecule has 7 heteroatoms. The summed E-state index contributed by atoms with van der Waals surface area (Å²) in [7, 11) is 0. The number of hydrogen-bond acceptors (Lipinski definition) is 6. The van der Waals surface area contributed by atoms with Gasteiger partial charge in [-0.05, 0) is 42.0 Å². The molecule has 4 heterocycles. The van der Waals surface area contributed by atoms with Crippen LogP contribution in [0.1, 0.15) is 41.5 Å². The van der Waals surface area contributed by atoms with Gasteiger partial charge in [0.15, 0.2) is 0 Å². The molecule has 1 fully saturated rings. The molecule has 1 amide bonds. The molecule has 2 unspecified atom stereocenters. The Morgan fingerprint density at radius 1 is 1.16 bits per heavy atom. The third-order valence-electron chi connectivity index (χ3n) is 5.94. The van der Waals surface area contributed by atoms with Gasteiger partial charge in [-0.1, -0.05) is 36.4 Å². The summed E-state index contributed by atoms with van der Waals surface area (Å²) in [4.78, 5) is 16.8. The van der Waals surface area contributed by atoms with Crippen LogP contribution in [-0.4, -0.2) is 47.3 Å². The zero-order valence-electron chi connectivity index (χ0n) is 17.9. The van der Waals surface area contributed by atoms with Crippen LogP contribution in [0.4, 0.5) is 0 Å². The number of ether oxygens (including phenoxy) is 1. The predicted molar refractivity (Wildman–Crippen MR) is 124 cm³/mol. The quantitative estimate of drug-likeness (QED) is 0.500. The Balaban J connectivity index is 1.36. The van der Waals surface area contributed by atoms with Gasteiger partial charge in [-0.15, -0.1) is 11.3 Å². The fraction of sp³-hybridized carbons (Fsp3) is 0.360. The maximum atomic E-state index is 13.5. The summed E-state index contributed by atoms with van der Waals surface area (Å²) in [5.41, 5.74) is 2.12. The van der Waals surface area contributed by atoms with Crippen LogP contribution < -0.4 is 0 Å². The summed E-state index contributed by atoms with van der Waals surface area (Å²) in [6.45, 7) is 2.53. The first-order chi connectivity index (χ1) is 15.8. The molecule has 2 aromatic heterocycles. The number of amides is 1. The number of carbonyl (C=O) groups excluding carboxylic acids is 1. The smallest absolute Gasteiger partial charge is 0.257 e. The van der Waals surface area contributed by atoms with Crippen LogP contribution in [-0.2, 0) is 16.1 Å². The van der Waals surface area contributed by atoms with Crippen LogP contribution in [0.15, 0.2) is 75.8 Å². The molecule has 2 aliphatic heterocycles. The van der Waals surface area contributed by atoms with Gasteiger partial charge in [0.1, 0.15) is 11.8 Å². The molecular weight excluding hydrogens is 422 g/mol. The minimum absolute atomic E-state index is 0.0214. The van der Waals surface area contributed by atoms with Gasteiger partial charge < -0.3 is 9.15 Å². The van der Waals surface area contributed by atoms with E-state index >= 15 is 0 Å². The van der Waals surface area contributed by atoms with Crippen molar-refractivity contribution in [3.8, 4) is 0 Å². The van der Waals surface area contributed by atoms with Gasteiger partial charge in [-0.2, -0.15) is 5.10 Å². The molecule has 0 bridgehead atoms. The maximum absolute atomic E-state index is 13.5. The molecule has 6 nitrogen and oxygen atoms in total. The Morgan fingerprint density at radius 2 is 2.06 bits per heavy atom. The predicted octanol–water partition coefficient (Wildman–Crippen LogP) is 4.70. The molecule has 0 saturated carbocycles. The van der Waals surface area contributed by atoms with Crippen molar-refractivity contribution >= 4 is 23.0 Å². The minimum atomic E-state index is -0.212. The average Bonchev–Trinajstić information content (AvgIpc) is 3.61. The van der Waals surface area contributed by atoms with Crippen LogP contribution in [0.25, 0.3) is 0 Å². The molecule has 0 spiro atoms. The van der Waals surface area contributed by atoms with Crippen molar-refractivity contribution in [2.24, 2.45) is 5.10 Å². The summed E-state index contributed by atoms with van der Waals surface area (Å²) in [6, 6.07) is 17.9. The van der Waals surface area contributed by atoms with Gasteiger partial charge in [0, 0.05) is 26.1 Å². The highest BCUT2D eigenvalue weighted by molar-refractivity contribution is 7.12. The lowest BCUT2D eigenvalue weighted by Crippen LogP contribution is -2.41. The SMILES string of the molecule is O=C(CN(Cc1ccccc1)CC1CCCO1)N1N=C(c2cccs2)CC1c1ccco1. The molecular formula is C25H27N3O3S. The molecule has 1 saturated heterocycles. The highest BCUT2D eigenvalue weighted by Gasteiger charge is 2.36. The van der Waals surface area contributed by atoms with Gasteiger partial charge in [-0.25, -0.2) is 5.01 Å². The highest BCUT2D eigenvalue weighted by Crippen LogP contribution is 2.34. The molecule has 2 atom stereocenters. The van der Waals surface area contributed by atoms with Gasteiger partial charge >= 0.3 is 0 Å².